The smallest absolute Gasteiger partial charge is 0.338 e. The maximum Gasteiger partial charge on any atom is 0.338 e. The number of anilines is 1. The third-order valence-corrected chi connectivity index (χ3v) is 3.78. The Balaban J connectivity index is 2.04. The molecule has 24 heavy (non-hydrogen) atoms. The Labute approximate surface area is 147 Å². The summed E-state index contributed by atoms with van der Waals surface area (Å²) in [6.07, 6.45) is 3.53. The van der Waals surface area contributed by atoms with E-state index in [-0.39, 0.29) is 5.97 Å². The number of aromatic nitrogens is 1. The van der Waals surface area contributed by atoms with Gasteiger partial charge in [-0.1, -0.05) is 6.07 Å². The first-order valence-electron chi connectivity index (χ1n) is 7.86. The van der Waals surface area contributed by atoms with Gasteiger partial charge in [-0.15, -0.1) is 0 Å². The molecule has 0 bridgehead atoms. The van der Waals surface area contributed by atoms with Crippen LogP contribution in [-0.4, -0.2) is 34.1 Å². The van der Waals surface area contributed by atoms with Crippen LogP contribution in [0, 0.1) is 0 Å². The van der Waals surface area contributed by atoms with Crippen LogP contribution in [0.4, 0.5) is 5.69 Å². The van der Waals surface area contributed by atoms with E-state index >= 15 is 0 Å². The fourth-order valence-corrected chi connectivity index (χ4v) is 2.49. The molecular formula is C18H21N3O2S. The number of pyridine rings is 1. The lowest BCUT2D eigenvalue weighted by Gasteiger charge is -2.24. The molecule has 1 heterocycles. The van der Waals surface area contributed by atoms with Gasteiger partial charge < -0.3 is 15.0 Å². The number of esters is 1. The van der Waals surface area contributed by atoms with Crippen LogP contribution in [0.3, 0.4) is 0 Å². The molecule has 1 aromatic heterocycles. The van der Waals surface area contributed by atoms with Crippen molar-refractivity contribution in [2.75, 3.05) is 18.5 Å². The number of nitrogens with one attached hydrogen (secondary N) is 1. The molecule has 0 amide bonds. The van der Waals surface area contributed by atoms with Crippen molar-refractivity contribution in [3.05, 3.63) is 59.9 Å². The van der Waals surface area contributed by atoms with Crippen LogP contribution in [0.25, 0.3) is 0 Å². The number of rotatable bonds is 6. The topological polar surface area (TPSA) is 54.5 Å². The number of hydrogen-bond acceptors (Lipinski definition) is 4. The molecule has 0 atom stereocenters. The second-order valence-corrected chi connectivity index (χ2v) is 5.49. The van der Waals surface area contributed by atoms with Gasteiger partial charge in [-0.05, 0) is 62.0 Å². The van der Waals surface area contributed by atoms with Gasteiger partial charge in [0, 0.05) is 31.2 Å². The van der Waals surface area contributed by atoms with E-state index in [0.29, 0.717) is 23.8 Å². The van der Waals surface area contributed by atoms with Gasteiger partial charge in [0.2, 0.25) is 0 Å². The van der Waals surface area contributed by atoms with Crippen molar-refractivity contribution < 1.29 is 9.53 Å². The molecule has 5 nitrogen and oxygen atoms in total. The van der Waals surface area contributed by atoms with E-state index in [1.165, 1.54) is 0 Å². The number of thiocarbonyl (C=S) groups is 1. The van der Waals surface area contributed by atoms with Crippen LogP contribution < -0.4 is 5.32 Å². The Morgan fingerprint density at radius 1 is 1.25 bits per heavy atom. The van der Waals surface area contributed by atoms with Crippen molar-refractivity contribution in [3.63, 3.8) is 0 Å². The molecule has 0 aliphatic heterocycles. The molecule has 0 spiro atoms. The fourth-order valence-electron chi connectivity index (χ4n) is 2.18. The van der Waals surface area contributed by atoms with Crippen molar-refractivity contribution in [1.29, 1.82) is 0 Å². The predicted octanol–water partition coefficient (Wildman–Crippen LogP) is 3.48. The summed E-state index contributed by atoms with van der Waals surface area (Å²) in [5.41, 5.74) is 2.40. The molecular weight excluding hydrogens is 322 g/mol. The van der Waals surface area contributed by atoms with Crippen molar-refractivity contribution in [2.24, 2.45) is 0 Å². The highest BCUT2D eigenvalue weighted by Crippen LogP contribution is 2.14. The molecule has 0 aliphatic rings. The zero-order valence-corrected chi connectivity index (χ0v) is 14.7. The van der Waals surface area contributed by atoms with Crippen LogP contribution in [0.5, 0.6) is 0 Å². The highest BCUT2D eigenvalue weighted by Gasteiger charge is 2.11. The average molecular weight is 343 g/mol. The highest BCUT2D eigenvalue weighted by atomic mass is 32.1. The van der Waals surface area contributed by atoms with Gasteiger partial charge in [-0.3, -0.25) is 4.98 Å². The Kier molecular flexibility index (Phi) is 6.69. The molecule has 2 aromatic rings. The lowest BCUT2D eigenvalue weighted by atomic mass is 10.2. The lowest BCUT2D eigenvalue weighted by molar-refractivity contribution is 0.0526. The van der Waals surface area contributed by atoms with Gasteiger partial charge in [-0.25, -0.2) is 4.79 Å². The van der Waals surface area contributed by atoms with E-state index < -0.39 is 0 Å². The number of nitrogens with zero attached hydrogens (tertiary/aromatic N) is 2. The van der Waals surface area contributed by atoms with Gasteiger partial charge in [0.05, 0.1) is 12.2 Å². The van der Waals surface area contributed by atoms with E-state index in [0.717, 1.165) is 17.8 Å². The van der Waals surface area contributed by atoms with Gasteiger partial charge in [0.25, 0.3) is 0 Å². The van der Waals surface area contributed by atoms with Crippen molar-refractivity contribution in [2.45, 2.75) is 20.4 Å². The van der Waals surface area contributed by atoms with E-state index in [1.54, 1.807) is 37.5 Å². The normalized spacial score (nSPS) is 10.1. The minimum Gasteiger partial charge on any atom is -0.462 e. The van der Waals surface area contributed by atoms with Crippen LogP contribution in [-0.2, 0) is 11.3 Å². The fraction of sp³-hybridized carbons (Fsp3) is 0.278. The van der Waals surface area contributed by atoms with Crippen molar-refractivity contribution in [1.82, 2.24) is 9.88 Å². The zero-order valence-electron chi connectivity index (χ0n) is 13.9. The summed E-state index contributed by atoms with van der Waals surface area (Å²) in [5.74, 6) is -0.337. The van der Waals surface area contributed by atoms with Crippen LogP contribution in [0.1, 0.15) is 29.8 Å². The molecule has 0 saturated heterocycles. The van der Waals surface area contributed by atoms with Gasteiger partial charge in [-0.2, -0.15) is 0 Å². The summed E-state index contributed by atoms with van der Waals surface area (Å²) in [6, 6.07) is 11.1. The minimum atomic E-state index is -0.337. The Morgan fingerprint density at radius 2 is 2.00 bits per heavy atom. The Morgan fingerprint density at radius 3 is 2.67 bits per heavy atom. The van der Waals surface area contributed by atoms with Crippen LogP contribution in [0.2, 0.25) is 0 Å². The summed E-state index contributed by atoms with van der Waals surface area (Å²) in [6.45, 7) is 5.65. The summed E-state index contributed by atoms with van der Waals surface area (Å²) < 4.78 is 5.02. The first kappa shape index (κ1) is 17.9. The molecule has 2 rings (SSSR count). The van der Waals surface area contributed by atoms with E-state index in [1.807, 2.05) is 30.0 Å². The van der Waals surface area contributed by atoms with Crippen molar-refractivity contribution in [3.8, 4) is 0 Å². The van der Waals surface area contributed by atoms with Crippen molar-refractivity contribution >= 4 is 29.0 Å². The predicted molar refractivity (Wildman–Crippen MR) is 98.9 cm³/mol. The third-order valence-electron chi connectivity index (χ3n) is 3.42. The second kappa shape index (κ2) is 8.98. The number of hydrogen-bond donors (Lipinski definition) is 1. The average Bonchev–Trinajstić information content (AvgIpc) is 2.61. The molecule has 6 heteroatoms. The largest absolute Gasteiger partial charge is 0.462 e. The molecule has 1 aromatic carbocycles. The second-order valence-electron chi connectivity index (χ2n) is 5.10. The zero-order chi connectivity index (χ0) is 17.4. The molecule has 0 fully saturated rings. The highest BCUT2D eigenvalue weighted by molar-refractivity contribution is 7.80. The Hall–Kier alpha value is -2.47. The van der Waals surface area contributed by atoms with Gasteiger partial charge in [0.15, 0.2) is 5.11 Å². The standard InChI is InChI=1S/C18H21N3O2S/c1-3-21(13-14-8-10-19-11-9-14)18(24)20-16-7-5-6-15(12-16)17(22)23-4-2/h5-12H,3-4,13H2,1-2H3,(H,20,24). The molecule has 1 N–H and O–H groups in total. The molecule has 0 radical (unpaired) electrons. The summed E-state index contributed by atoms with van der Waals surface area (Å²) in [7, 11) is 0. The van der Waals surface area contributed by atoms with Crippen LogP contribution in [0.15, 0.2) is 48.8 Å². The number of ether oxygens (including phenoxy) is 1. The SMILES string of the molecule is CCOC(=O)c1cccc(NC(=S)N(CC)Cc2ccncc2)c1. The summed E-state index contributed by atoms with van der Waals surface area (Å²) >= 11 is 5.50. The monoisotopic (exact) mass is 343 g/mol. The maximum absolute atomic E-state index is 11.8. The van der Waals surface area contributed by atoms with E-state index in [4.69, 9.17) is 17.0 Å². The third kappa shape index (κ3) is 5.03. The molecule has 0 saturated carbocycles. The van der Waals surface area contributed by atoms with E-state index in [2.05, 4.69) is 10.3 Å². The van der Waals surface area contributed by atoms with Gasteiger partial charge >= 0.3 is 5.97 Å². The van der Waals surface area contributed by atoms with E-state index in [9.17, 15) is 4.79 Å². The quantitative estimate of drug-likeness (QED) is 0.640. The summed E-state index contributed by atoms with van der Waals surface area (Å²) in [5, 5.41) is 3.79. The molecule has 0 unspecified atom stereocenters. The van der Waals surface area contributed by atoms with Gasteiger partial charge in [0.1, 0.15) is 0 Å². The Bertz CT molecular complexity index is 692. The summed E-state index contributed by atoms with van der Waals surface area (Å²) in [4.78, 5) is 17.9. The number of benzene rings is 1. The number of carbonyl (C=O) groups excluding carboxylic acids is 1. The lowest BCUT2D eigenvalue weighted by Crippen LogP contribution is -2.34. The first-order valence-corrected chi connectivity index (χ1v) is 8.26. The molecule has 126 valence electrons. The van der Waals surface area contributed by atoms with Crippen LogP contribution >= 0.6 is 12.2 Å². The minimum absolute atomic E-state index is 0.337. The number of carbonyl (C=O) groups is 1. The first-order chi connectivity index (χ1) is 11.6. The molecule has 0 aliphatic carbocycles. The maximum atomic E-state index is 11.8.